The molecule has 1 heterocycles. The molecule has 0 saturated carbocycles. The van der Waals surface area contributed by atoms with Gasteiger partial charge in [-0.1, -0.05) is 11.6 Å². The summed E-state index contributed by atoms with van der Waals surface area (Å²) in [4.78, 5) is 17.7. The average Bonchev–Trinajstić information content (AvgIpc) is 2.39. The fourth-order valence-corrected chi connectivity index (χ4v) is 1.52. The number of nitro groups is 1. The molecule has 1 aromatic heterocycles. The van der Waals surface area contributed by atoms with Crippen LogP contribution in [0.5, 0.6) is 11.8 Å². The monoisotopic (exact) mass is 281 g/mol. The van der Waals surface area contributed by atoms with E-state index in [0.29, 0.717) is 5.56 Å². The van der Waals surface area contributed by atoms with Gasteiger partial charge < -0.3 is 9.84 Å². The van der Waals surface area contributed by atoms with E-state index in [1.54, 1.807) is 0 Å². The number of nitrogens with zero attached hydrogens (tertiary/aromatic N) is 3. The van der Waals surface area contributed by atoms with Gasteiger partial charge in [-0.25, -0.2) is 9.97 Å². The molecule has 0 unspecified atom stereocenters. The largest absolute Gasteiger partial charge is 0.424 e. The summed E-state index contributed by atoms with van der Waals surface area (Å²) in [7, 11) is 0. The van der Waals surface area contributed by atoms with Crippen LogP contribution in [0.15, 0.2) is 30.6 Å². The van der Waals surface area contributed by atoms with E-state index in [0.717, 1.165) is 0 Å². The van der Waals surface area contributed by atoms with Gasteiger partial charge in [-0.3, -0.25) is 10.1 Å². The second-order valence-electron chi connectivity index (χ2n) is 3.50. The van der Waals surface area contributed by atoms with E-state index < -0.39 is 4.92 Å². The molecule has 2 rings (SSSR count). The van der Waals surface area contributed by atoms with E-state index >= 15 is 0 Å². The van der Waals surface area contributed by atoms with Crippen molar-refractivity contribution >= 4 is 17.3 Å². The van der Waals surface area contributed by atoms with Crippen molar-refractivity contribution in [3.63, 3.8) is 0 Å². The van der Waals surface area contributed by atoms with Crippen molar-refractivity contribution in [2.24, 2.45) is 0 Å². The zero-order valence-corrected chi connectivity index (χ0v) is 10.2. The van der Waals surface area contributed by atoms with Crippen molar-refractivity contribution in [1.82, 2.24) is 9.97 Å². The highest BCUT2D eigenvalue weighted by Crippen LogP contribution is 2.29. The quantitative estimate of drug-likeness (QED) is 0.682. The molecular formula is C11H8ClN3O4. The average molecular weight is 282 g/mol. The maximum absolute atomic E-state index is 10.6. The minimum absolute atomic E-state index is 0.0329. The molecular weight excluding hydrogens is 274 g/mol. The Bertz CT molecular complexity index is 603. The van der Waals surface area contributed by atoms with Gasteiger partial charge in [-0.05, 0) is 6.07 Å². The van der Waals surface area contributed by atoms with Crippen molar-refractivity contribution in [3.05, 3.63) is 51.3 Å². The molecule has 0 radical (unpaired) electrons. The van der Waals surface area contributed by atoms with Crippen molar-refractivity contribution < 1.29 is 14.8 Å². The highest BCUT2D eigenvalue weighted by molar-refractivity contribution is 6.32. The van der Waals surface area contributed by atoms with Gasteiger partial charge in [0, 0.05) is 30.1 Å². The lowest BCUT2D eigenvalue weighted by Crippen LogP contribution is -1.95. The molecule has 0 saturated heterocycles. The molecule has 0 aliphatic carbocycles. The van der Waals surface area contributed by atoms with E-state index in [4.69, 9.17) is 21.4 Å². The van der Waals surface area contributed by atoms with Crippen LogP contribution >= 0.6 is 11.6 Å². The number of aliphatic hydroxyl groups excluding tert-OH is 1. The molecule has 8 heteroatoms. The summed E-state index contributed by atoms with van der Waals surface area (Å²) in [6, 6.07) is 4.00. The van der Waals surface area contributed by atoms with Gasteiger partial charge in [0.25, 0.3) is 5.69 Å². The number of ether oxygens (including phenoxy) is 1. The van der Waals surface area contributed by atoms with Crippen LogP contribution in [0.4, 0.5) is 5.69 Å². The molecule has 1 N–H and O–H groups in total. The first-order valence-corrected chi connectivity index (χ1v) is 5.51. The predicted octanol–water partition coefficient (Wildman–Crippen LogP) is 2.32. The molecule has 0 spiro atoms. The summed E-state index contributed by atoms with van der Waals surface area (Å²) in [5.41, 5.74) is 0.347. The smallest absolute Gasteiger partial charge is 0.321 e. The molecule has 1 aromatic carbocycles. The van der Waals surface area contributed by atoms with E-state index in [1.165, 1.54) is 30.6 Å². The molecule has 98 valence electrons. The Morgan fingerprint density at radius 3 is 2.58 bits per heavy atom. The number of hydrogen-bond acceptors (Lipinski definition) is 6. The third-order valence-electron chi connectivity index (χ3n) is 2.19. The molecule has 0 bridgehead atoms. The van der Waals surface area contributed by atoms with Gasteiger partial charge >= 0.3 is 6.01 Å². The Morgan fingerprint density at radius 2 is 2.05 bits per heavy atom. The third kappa shape index (κ3) is 3.15. The molecule has 0 aliphatic rings. The molecule has 0 atom stereocenters. The van der Waals surface area contributed by atoms with Crippen LogP contribution < -0.4 is 4.74 Å². The number of aliphatic hydroxyl groups is 1. The van der Waals surface area contributed by atoms with Crippen LogP contribution in [0, 0.1) is 10.1 Å². The first-order chi connectivity index (χ1) is 9.10. The van der Waals surface area contributed by atoms with Gasteiger partial charge in [-0.15, -0.1) is 0 Å². The summed E-state index contributed by atoms with van der Waals surface area (Å²) < 4.78 is 5.28. The second kappa shape index (κ2) is 5.59. The lowest BCUT2D eigenvalue weighted by atomic mass is 10.3. The molecule has 19 heavy (non-hydrogen) atoms. The highest BCUT2D eigenvalue weighted by Gasteiger charge is 2.13. The number of benzene rings is 1. The minimum atomic E-state index is -0.585. The first-order valence-electron chi connectivity index (χ1n) is 5.13. The SMILES string of the molecule is O=[N+]([O-])c1ccc(Oc2ncc(CO)cn2)cc1Cl. The van der Waals surface area contributed by atoms with Crippen LogP contribution in [-0.2, 0) is 6.61 Å². The maximum atomic E-state index is 10.6. The fraction of sp³-hybridized carbons (Fsp3) is 0.0909. The molecule has 2 aromatic rings. The summed E-state index contributed by atoms with van der Waals surface area (Å²) in [5, 5.41) is 19.4. The van der Waals surface area contributed by atoms with Crippen LogP contribution in [0.1, 0.15) is 5.56 Å². The zero-order valence-electron chi connectivity index (χ0n) is 9.49. The van der Waals surface area contributed by atoms with Gasteiger partial charge in [0.05, 0.1) is 11.5 Å². The Kier molecular flexibility index (Phi) is 3.88. The molecule has 0 fully saturated rings. The van der Waals surface area contributed by atoms with Crippen LogP contribution in [0.25, 0.3) is 0 Å². The number of hydrogen-bond donors (Lipinski definition) is 1. The number of halogens is 1. The topological polar surface area (TPSA) is 98.4 Å². The summed E-state index contributed by atoms with van der Waals surface area (Å²) >= 11 is 5.74. The van der Waals surface area contributed by atoms with Crippen molar-refractivity contribution in [3.8, 4) is 11.8 Å². The van der Waals surface area contributed by atoms with Crippen molar-refractivity contribution in [2.45, 2.75) is 6.61 Å². The lowest BCUT2D eigenvalue weighted by molar-refractivity contribution is -0.384. The lowest BCUT2D eigenvalue weighted by Gasteiger charge is -2.04. The Hall–Kier alpha value is -2.25. The molecule has 0 aliphatic heterocycles. The minimum Gasteiger partial charge on any atom is -0.424 e. The van der Waals surface area contributed by atoms with E-state index in [1.807, 2.05) is 0 Å². The van der Waals surface area contributed by atoms with Gasteiger partial charge in [0.2, 0.25) is 0 Å². The van der Waals surface area contributed by atoms with Gasteiger partial charge in [0.15, 0.2) is 0 Å². The Morgan fingerprint density at radius 1 is 1.37 bits per heavy atom. The normalized spacial score (nSPS) is 10.2. The standard InChI is InChI=1S/C11H8ClN3O4/c12-9-3-8(1-2-10(9)15(17)18)19-11-13-4-7(6-16)5-14-11/h1-5,16H,6H2. The predicted molar refractivity (Wildman–Crippen MR) is 66.1 cm³/mol. The Labute approximate surface area is 112 Å². The number of rotatable bonds is 4. The molecule has 0 amide bonds. The summed E-state index contributed by atoms with van der Waals surface area (Å²) in [5.74, 6) is 0.285. The fourth-order valence-electron chi connectivity index (χ4n) is 1.28. The van der Waals surface area contributed by atoms with Crippen LogP contribution in [0.3, 0.4) is 0 Å². The third-order valence-corrected chi connectivity index (χ3v) is 2.49. The maximum Gasteiger partial charge on any atom is 0.321 e. The van der Waals surface area contributed by atoms with Crippen molar-refractivity contribution in [1.29, 1.82) is 0 Å². The first kappa shape index (κ1) is 13.2. The molecule has 7 nitrogen and oxygen atoms in total. The van der Waals surface area contributed by atoms with Crippen LogP contribution in [-0.4, -0.2) is 20.0 Å². The number of nitro benzene ring substituents is 1. The highest BCUT2D eigenvalue weighted by atomic mass is 35.5. The number of aromatic nitrogens is 2. The zero-order chi connectivity index (χ0) is 13.8. The van der Waals surface area contributed by atoms with Gasteiger partial charge in [0.1, 0.15) is 10.8 Å². The van der Waals surface area contributed by atoms with Crippen LogP contribution in [0.2, 0.25) is 5.02 Å². The second-order valence-corrected chi connectivity index (χ2v) is 3.91. The van der Waals surface area contributed by atoms with E-state index in [9.17, 15) is 10.1 Å². The van der Waals surface area contributed by atoms with Gasteiger partial charge in [-0.2, -0.15) is 0 Å². The van der Waals surface area contributed by atoms with E-state index in [2.05, 4.69) is 9.97 Å². The van der Waals surface area contributed by atoms with E-state index in [-0.39, 0.29) is 29.1 Å². The van der Waals surface area contributed by atoms with Crippen molar-refractivity contribution in [2.75, 3.05) is 0 Å². The summed E-state index contributed by atoms with van der Waals surface area (Å²) in [6.45, 7) is -0.163. The Balaban J connectivity index is 2.18. The summed E-state index contributed by atoms with van der Waals surface area (Å²) in [6.07, 6.45) is 2.82.